The van der Waals surface area contributed by atoms with E-state index in [2.05, 4.69) is 22.9 Å². The second-order valence-electron chi connectivity index (χ2n) is 6.78. The second-order valence-corrected chi connectivity index (χ2v) is 8.85. The Kier molecular flexibility index (Phi) is 5.11. The smallest absolute Gasteiger partial charge is 0.0912 e. The fourth-order valence-electron chi connectivity index (χ4n) is 3.70. The van der Waals surface area contributed by atoms with Crippen LogP contribution in [0.1, 0.15) is 17.7 Å². The van der Waals surface area contributed by atoms with Gasteiger partial charge >= 0.3 is 0 Å². The summed E-state index contributed by atoms with van der Waals surface area (Å²) in [6.45, 7) is 4.35. The van der Waals surface area contributed by atoms with Gasteiger partial charge in [0.25, 0.3) is 0 Å². The lowest BCUT2D eigenvalue weighted by Gasteiger charge is -2.33. The molecule has 0 aliphatic carbocycles. The maximum Gasteiger partial charge on any atom is 0.0912 e. The van der Waals surface area contributed by atoms with Gasteiger partial charge in [-0.2, -0.15) is 0 Å². The van der Waals surface area contributed by atoms with Crippen molar-refractivity contribution in [3.63, 3.8) is 0 Å². The van der Waals surface area contributed by atoms with Crippen LogP contribution in [0.15, 0.2) is 30.5 Å². The van der Waals surface area contributed by atoms with Crippen molar-refractivity contribution in [1.29, 1.82) is 0 Å². The molecule has 0 amide bonds. The number of rotatable bonds is 3. The summed E-state index contributed by atoms with van der Waals surface area (Å²) in [7, 11) is 0. The number of anilines is 1. The monoisotopic (exact) mass is 406 g/mol. The number of benzene rings is 1. The first kappa shape index (κ1) is 18.1. The second kappa shape index (κ2) is 7.35. The van der Waals surface area contributed by atoms with Gasteiger partial charge in [0.2, 0.25) is 0 Å². The Hall–Kier alpha value is -1.33. The molecule has 0 spiro atoms. The molecule has 136 valence electrons. The zero-order valence-electron chi connectivity index (χ0n) is 14.5. The van der Waals surface area contributed by atoms with Crippen LogP contribution >= 0.6 is 34.5 Å². The highest BCUT2D eigenvalue weighted by atomic mass is 35.5. The molecular weight excluding hydrogens is 387 g/mol. The maximum atomic E-state index is 9.38. The van der Waals surface area contributed by atoms with Crippen LogP contribution in [0.5, 0.6) is 0 Å². The minimum absolute atomic E-state index is 0.289. The third kappa shape index (κ3) is 3.20. The molecule has 1 N–H and O–H groups in total. The van der Waals surface area contributed by atoms with E-state index in [0.717, 1.165) is 42.6 Å². The van der Waals surface area contributed by atoms with E-state index in [4.69, 9.17) is 23.2 Å². The van der Waals surface area contributed by atoms with Gasteiger partial charge in [0, 0.05) is 51.9 Å². The Morgan fingerprint density at radius 2 is 2.00 bits per heavy atom. The Bertz CT molecular complexity index is 948. The van der Waals surface area contributed by atoms with Crippen molar-refractivity contribution in [2.24, 2.45) is 5.92 Å². The van der Waals surface area contributed by atoms with E-state index in [1.54, 1.807) is 17.4 Å². The Morgan fingerprint density at radius 1 is 1.23 bits per heavy atom. The highest BCUT2D eigenvalue weighted by Crippen LogP contribution is 2.44. The number of aryl methyl sites for hydroxylation is 1. The fourth-order valence-corrected chi connectivity index (χ4v) is 5.37. The Labute approximate surface area is 167 Å². The Balaban J connectivity index is 1.79. The van der Waals surface area contributed by atoms with E-state index < -0.39 is 0 Å². The van der Waals surface area contributed by atoms with Gasteiger partial charge in [0.15, 0.2) is 0 Å². The predicted octanol–water partition coefficient (Wildman–Crippen LogP) is 5.79. The van der Waals surface area contributed by atoms with Gasteiger partial charge in [0.05, 0.1) is 15.9 Å². The van der Waals surface area contributed by atoms with Crippen LogP contribution < -0.4 is 4.90 Å². The number of thiophene rings is 1. The van der Waals surface area contributed by atoms with E-state index in [-0.39, 0.29) is 6.61 Å². The number of fused-ring (bicyclic) bond motifs is 1. The number of piperidine rings is 1. The van der Waals surface area contributed by atoms with E-state index >= 15 is 0 Å². The number of pyridine rings is 1. The van der Waals surface area contributed by atoms with Crippen molar-refractivity contribution in [2.75, 3.05) is 24.6 Å². The van der Waals surface area contributed by atoms with Crippen LogP contribution in [0.25, 0.3) is 21.3 Å². The third-order valence-corrected chi connectivity index (χ3v) is 6.81. The quantitative estimate of drug-likeness (QED) is 0.597. The molecule has 0 bridgehead atoms. The molecule has 1 aliphatic heterocycles. The molecule has 0 unspecified atom stereocenters. The van der Waals surface area contributed by atoms with Crippen LogP contribution in [0, 0.1) is 12.8 Å². The van der Waals surface area contributed by atoms with E-state index in [9.17, 15) is 5.11 Å². The molecule has 3 aromatic rings. The Morgan fingerprint density at radius 3 is 2.69 bits per heavy atom. The molecule has 26 heavy (non-hydrogen) atoms. The molecule has 2 aromatic heterocycles. The topological polar surface area (TPSA) is 36.4 Å². The van der Waals surface area contributed by atoms with Crippen molar-refractivity contribution < 1.29 is 5.11 Å². The molecule has 3 nitrogen and oxygen atoms in total. The predicted molar refractivity (Wildman–Crippen MR) is 112 cm³/mol. The van der Waals surface area contributed by atoms with Gasteiger partial charge in [0.1, 0.15) is 0 Å². The summed E-state index contributed by atoms with van der Waals surface area (Å²) in [5, 5.41) is 10.7. The molecule has 0 atom stereocenters. The summed E-state index contributed by atoms with van der Waals surface area (Å²) in [6, 6.07) is 7.73. The number of aliphatic hydroxyl groups is 1. The van der Waals surface area contributed by atoms with Crippen molar-refractivity contribution in [2.45, 2.75) is 19.8 Å². The van der Waals surface area contributed by atoms with Crippen molar-refractivity contribution >= 4 is 50.4 Å². The first-order valence-corrected chi connectivity index (χ1v) is 10.3. The fraction of sp³-hybridized carbons (Fsp3) is 0.350. The summed E-state index contributed by atoms with van der Waals surface area (Å²) in [5.74, 6) is 0.428. The number of nitrogens with zero attached hydrogens (tertiary/aromatic N) is 2. The minimum Gasteiger partial charge on any atom is -0.396 e. The molecule has 6 heteroatoms. The number of halogens is 2. The summed E-state index contributed by atoms with van der Waals surface area (Å²) < 4.78 is 1.20. The first-order valence-electron chi connectivity index (χ1n) is 8.78. The minimum atomic E-state index is 0.289. The SMILES string of the molecule is Cc1sc2c(N3CCC(CO)CC3)ccnc2c1-c1ccc(Cl)cc1Cl. The van der Waals surface area contributed by atoms with Gasteiger partial charge in [-0.1, -0.05) is 29.3 Å². The molecule has 4 rings (SSSR count). The molecule has 0 saturated carbocycles. The van der Waals surface area contributed by atoms with Crippen LogP contribution in [0.2, 0.25) is 10.0 Å². The molecule has 0 radical (unpaired) electrons. The molecular formula is C20H20Cl2N2OS. The van der Waals surface area contributed by atoms with Gasteiger partial charge in [-0.15, -0.1) is 11.3 Å². The van der Waals surface area contributed by atoms with E-state index in [1.807, 2.05) is 18.3 Å². The summed E-state index contributed by atoms with van der Waals surface area (Å²) in [4.78, 5) is 8.30. The standard InChI is InChI=1S/C20H20Cl2N2OS/c1-12-18(15-3-2-14(21)10-16(15)22)19-20(26-12)17(4-7-23-19)24-8-5-13(11-25)6-9-24/h2-4,7,10,13,25H,5-6,8-9,11H2,1H3. The summed E-state index contributed by atoms with van der Waals surface area (Å²) in [6.07, 6.45) is 3.94. The normalized spacial score (nSPS) is 15.8. The van der Waals surface area contributed by atoms with Crippen LogP contribution in [0.3, 0.4) is 0 Å². The highest BCUT2D eigenvalue weighted by molar-refractivity contribution is 7.20. The van der Waals surface area contributed by atoms with Gasteiger partial charge in [-0.3, -0.25) is 4.98 Å². The van der Waals surface area contributed by atoms with Gasteiger partial charge < -0.3 is 10.0 Å². The van der Waals surface area contributed by atoms with Crippen molar-refractivity contribution in [1.82, 2.24) is 4.98 Å². The lowest BCUT2D eigenvalue weighted by molar-refractivity contribution is 0.203. The van der Waals surface area contributed by atoms with Gasteiger partial charge in [-0.25, -0.2) is 0 Å². The lowest BCUT2D eigenvalue weighted by Crippen LogP contribution is -2.34. The number of hydrogen-bond acceptors (Lipinski definition) is 4. The molecule has 1 saturated heterocycles. The van der Waals surface area contributed by atoms with Gasteiger partial charge in [-0.05, 0) is 43.9 Å². The van der Waals surface area contributed by atoms with Crippen molar-refractivity contribution in [3.8, 4) is 11.1 Å². The summed E-state index contributed by atoms with van der Waals surface area (Å²) >= 11 is 14.3. The van der Waals surface area contributed by atoms with E-state index in [1.165, 1.54) is 15.3 Å². The summed E-state index contributed by atoms with van der Waals surface area (Å²) in [5.41, 5.74) is 4.30. The van der Waals surface area contributed by atoms with Crippen LogP contribution in [-0.4, -0.2) is 29.8 Å². The largest absolute Gasteiger partial charge is 0.396 e. The molecule has 1 aliphatic rings. The van der Waals surface area contributed by atoms with E-state index in [0.29, 0.717) is 16.0 Å². The molecule has 1 fully saturated rings. The van der Waals surface area contributed by atoms with Crippen LogP contribution in [-0.2, 0) is 0 Å². The zero-order valence-corrected chi connectivity index (χ0v) is 16.8. The lowest BCUT2D eigenvalue weighted by atomic mass is 9.97. The van der Waals surface area contributed by atoms with Crippen LogP contribution in [0.4, 0.5) is 5.69 Å². The first-order chi connectivity index (χ1) is 12.6. The maximum absolute atomic E-state index is 9.38. The number of aromatic nitrogens is 1. The van der Waals surface area contributed by atoms with Crippen molar-refractivity contribution in [3.05, 3.63) is 45.4 Å². The molecule has 1 aromatic carbocycles. The average molecular weight is 407 g/mol. The third-order valence-electron chi connectivity index (χ3n) is 5.14. The molecule has 3 heterocycles. The number of aliphatic hydroxyl groups excluding tert-OH is 1. The average Bonchev–Trinajstić information content (AvgIpc) is 2.98. The highest BCUT2D eigenvalue weighted by Gasteiger charge is 2.23. The number of hydrogen-bond donors (Lipinski definition) is 1. The zero-order chi connectivity index (χ0) is 18.3.